The Morgan fingerprint density at radius 2 is 1.92 bits per heavy atom. The van der Waals surface area contributed by atoms with E-state index in [0.29, 0.717) is 12.2 Å². The summed E-state index contributed by atoms with van der Waals surface area (Å²) < 4.78 is 5.30. The summed E-state index contributed by atoms with van der Waals surface area (Å²) in [4.78, 5) is 9.86. The molecule has 4 unspecified atom stereocenters. The van der Waals surface area contributed by atoms with Gasteiger partial charge in [-0.05, 0) is 24.7 Å². The van der Waals surface area contributed by atoms with Crippen molar-refractivity contribution in [3.05, 3.63) is 0 Å². The first kappa shape index (κ1) is 7.15. The predicted octanol–water partition coefficient (Wildman–Crippen LogP) is 0.856. The summed E-state index contributed by atoms with van der Waals surface area (Å²) in [7, 11) is 0. The van der Waals surface area contributed by atoms with Crippen molar-refractivity contribution >= 4 is 17.6 Å². The Kier molecular flexibility index (Phi) is 1.07. The van der Waals surface area contributed by atoms with Gasteiger partial charge in [0.25, 0.3) is 0 Å². The average Bonchev–Trinajstić information content (AvgIpc) is 2.86. The molecule has 0 aromatic carbocycles. The number of rotatable bonds is 1. The number of ether oxygens (including phenoxy) is 1. The van der Waals surface area contributed by atoms with Crippen molar-refractivity contribution in [2.24, 2.45) is 11.8 Å². The third kappa shape index (κ3) is 0.650. The lowest BCUT2D eigenvalue weighted by molar-refractivity contribution is -0.138. The van der Waals surface area contributed by atoms with E-state index in [9.17, 15) is 4.79 Å². The molecular weight excluding hydrogens is 180 g/mol. The van der Waals surface area contributed by atoms with Gasteiger partial charge in [-0.1, -0.05) is 0 Å². The van der Waals surface area contributed by atoms with E-state index in [4.69, 9.17) is 21.4 Å². The van der Waals surface area contributed by atoms with Crippen LogP contribution in [-0.2, 0) is 9.53 Å². The van der Waals surface area contributed by atoms with Crippen LogP contribution in [0.5, 0.6) is 0 Å². The molecule has 2 aliphatic carbocycles. The number of halogens is 1. The van der Waals surface area contributed by atoms with E-state index in [1.54, 1.807) is 0 Å². The molecule has 3 rings (SSSR count). The number of carbonyl (C=O) groups is 1. The summed E-state index contributed by atoms with van der Waals surface area (Å²) in [5.41, 5.74) is 0. The smallest absolute Gasteiger partial charge is 0.325 e. The molecule has 12 heavy (non-hydrogen) atoms. The summed E-state index contributed by atoms with van der Waals surface area (Å²) in [5.74, 6) is -0.513. The molecule has 3 aliphatic rings. The summed E-state index contributed by atoms with van der Waals surface area (Å²) in [6.07, 6.45) is 2.36. The van der Waals surface area contributed by atoms with Gasteiger partial charge < -0.3 is 9.84 Å². The highest BCUT2D eigenvalue weighted by molar-refractivity contribution is 6.36. The molecule has 1 aliphatic heterocycles. The van der Waals surface area contributed by atoms with E-state index >= 15 is 0 Å². The maximum Gasteiger partial charge on any atom is 0.325 e. The summed E-state index contributed by atoms with van der Waals surface area (Å²) >= 11 is 5.98. The van der Waals surface area contributed by atoms with Crippen LogP contribution >= 0.6 is 11.6 Å². The van der Waals surface area contributed by atoms with E-state index in [0.717, 1.165) is 12.8 Å². The molecule has 4 atom stereocenters. The number of carboxylic acids is 1. The van der Waals surface area contributed by atoms with Crippen LogP contribution in [0, 0.1) is 11.8 Å². The second kappa shape index (κ2) is 1.80. The summed E-state index contributed by atoms with van der Waals surface area (Å²) in [6.45, 7) is 0. The van der Waals surface area contributed by atoms with Crippen molar-refractivity contribution < 1.29 is 14.6 Å². The largest absolute Gasteiger partial charge is 0.480 e. The lowest BCUT2D eigenvalue weighted by atomic mass is 10.0. The van der Waals surface area contributed by atoms with Gasteiger partial charge in [-0.2, -0.15) is 0 Å². The topological polar surface area (TPSA) is 49.8 Å². The van der Waals surface area contributed by atoms with Crippen LogP contribution in [0.25, 0.3) is 0 Å². The number of alkyl halides is 1. The quantitative estimate of drug-likeness (QED) is 0.491. The van der Waals surface area contributed by atoms with Crippen LogP contribution in [0.15, 0.2) is 0 Å². The molecule has 0 amide bonds. The van der Waals surface area contributed by atoms with Crippen LogP contribution < -0.4 is 0 Å². The molecule has 0 spiro atoms. The van der Waals surface area contributed by atoms with Crippen molar-refractivity contribution in [1.82, 2.24) is 0 Å². The molecule has 66 valence electrons. The van der Waals surface area contributed by atoms with Gasteiger partial charge in [0.15, 0.2) is 0 Å². The van der Waals surface area contributed by atoms with Crippen LogP contribution in [0.1, 0.15) is 12.8 Å². The lowest BCUT2D eigenvalue weighted by Gasteiger charge is -1.99. The Balaban J connectivity index is 1.83. The van der Waals surface area contributed by atoms with Crippen molar-refractivity contribution in [3.8, 4) is 0 Å². The van der Waals surface area contributed by atoms with E-state index in [1.807, 2.05) is 0 Å². The molecule has 3 fully saturated rings. The lowest BCUT2D eigenvalue weighted by Crippen LogP contribution is -2.19. The monoisotopic (exact) mass is 188 g/mol. The number of hydrogen-bond acceptors (Lipinski definition) is 2. The fourth-order valence-corrected chi connectivity index (χ4v) is 3.00. The molecule has 1 saturated heterocycles. The van der Waals surface area contributed by atoms with Crippen LogP contribution in [0.2, 0.25) is 0 Å². The zero-order valence-electron chi connectivity index (χ0n) is 6.37. The van der Waals surface area contributed by atoms with Gasteiger partial charge in [0.05, 0.1) is 12.2 Å². The Labute approximate surface area is 74.6 Å². The third-order valence-corrected chi connectivity index (χ3v) is 4.17. The second-order valence-corrected chi connectivity index (χ2v) is 4.60. The molecule has 1 N–H and O–H groups in total. The minimum absolute atomic E-state index is 0.167. The number of carboxylic acid groups (broad SMARTS) is 1. The van der Waals surface area contributed by atoms with Crippen molar-refractivity contribution in [1.29, 1.82) is 0 Å². The SMILES string of the molecule is O=C(O)C1(Cl)C2CC3OC3CC21. The summed E-state index contributed by atoms with van der Waals surface area (Å²) in [6, 6.07) is 0. The Morgan fingerprint density at radius 3 is 2.33 bits per heavy atom. The summed E-state index contributed by atoms with van der Waals surface area (Å²) in [5, 5.41) is 8.87. The van der Waals surface area contributed by atoms with Gasteiger partial charge in [-0.25, -0.2) is 0 Å². The van der Waals surface area contributed by atoms with Gasteiger partial charge in [-0.3, -0.25) is 4.79 Å². The molecule has 0 bridgehead atoms. The minimum Gasteiger partial charge on any atom is -0.480 e. The molecule has 3 nitrogen and oxygen atoms in total. The molecule has 0 aromatic rings. The number of hydrogen-bond donors (Lipinski definition) is 1. The van der Waals surface area contributed by atoms with Gasteiger partial charge in [0.1, 0.15) is 4.87 Å². The van der Waals surface area contributed by atoms with Crippen molar-refractivity contribution in [2.45, 2.75) is 29.9 Å². The number of epoxide rings is 1. The van der Waals surface area contributed by atoms with Gasteiger partial charge in [0, 0.05) is 0 Å². The van der Waals surface area contributed by atoms with Crippen LogP contribution in [-0.4, -0.2) is 28.2 Å². The highest BCUT2D eigenvalue weighted by atomic mass is 35.5. The van der Waals surface area contributed by atoms with E-state index < -0.39 is 10.8 Å². The molecule has 0 aromatic heterocycles. The van der Waals surface area contributed by atoms with Crippen molar-refractivity contribution in [2.75, 3.05) is 0 Å². The zero-order chi connectivity index (χ0) is 8.51. The van der Waals surface area contributed by atoms with Crippen LogP contribution in [0.4, 0.5) is 0 Å². The zero-order valence-corrected chi connectivity index (χ0v) is 7.12. The van der Waals surface area contributed by atoms with Gasteiger partial charge in [0.2, 0.25) is 0 Å². The Morgan fingerprint density at radius 1 is 1.42 bits per heavy atom. The normalized spacial score (nSPS) is 60.1. The Hall–Kier alpha value is -0.280. The Bertz CT molecular complexity index is 249. The number of aliphatic carboxylic acids is 1. The minimum atomic E-state index is -0.934. The van der Waals surface area contributed by atoms with Crippen molar-refractivity contribution in [3.63, 3.8) is 0 Å². The molecule has 0 radical (unpaired) electrons. The maximum absolute atomic E-state index is 10.8. The molecular formula is C8H9ClO3. The third-order valence-electron chi connectivity index (χ3n) is 3.44. The van der Waals surface area contributed by atoms with Gasteiger partial charge in [-0.15, -0.1) is 11.6 Å². The first-order valence-electron chi connectivity index (χ1n) is 4.22. The fourth-order valence-electron chi connectivity index (χ4n) is 2.58. The van der Waals surface area contributed by atoms with E-state index in [2.05, 4.69) is 0 Å². The van der Waals surface area contributed by atoms with E-state index in [1.165, 1.54) is 0 Å². The number of fused-ring (bicyclic) bond motifs is 2. The first-order valence-corrected chi connectivity index (χ1v) is 4.59. The highest BCUT2D eigenvalue weighted by Gasteiger charge is 2.74. The fraction of sp³-hybridized carbons (Fsp3) is 0.875. The predicted molar refractivity (Wildman–Crippen MR) is 41.1 cm³/mol. The standard InChI is InChI=1S/C8H9ClO3/c9-8(7(10)11)3-1-5-6(12-5)2-4(3)8/h3-6H,1-2H2,(H,10,11). The van der Waals surface area contributed by atoms with Crippen LogP contribution in [0.3, 0.4) is 0 Å². The average molecular weight is 189 g/mol. The second-order valence-electron chi connectivity index (χ2n) is 3.97. The van der Waals surface area contributed by atoms with E-state index in [-0.39, 0.29) is 11.8 Å². The van der Waals surface area contributed by atoms with Gasteiger partial charge >= 0.3 is 5.97 Å². The molecule has 4 heteroatoms. The highest BCUT2D eigenvalue weighted by Crippen LogP contribution is 2.66. The first-order chi connectivity index (χ1) is 5.64. The maximum atomic E-state index is 10.8. The molecule has 1 heterocycles. The molecule has 2 saturated carbocycles.